The van der Waals surface area contributed by atoms with Crippen molar-refractivity contribution in [3.63, 3.8) is 0 Å². The number of carbonyl (C=O) groups excluding carboxylic acids is 2. The summed E-state index contributed by atoms with van der Waals surface area (Å²) >= 11 is 3.35. The molecule has 27 heavy (non-hydrogen) atoms. The van der Waals surface area contributed by atoms with E-state index in [2.05, 4.69) is 41.4 Å². The maximum atomic E-state index is 13.1. The molecule has 0 saturated carbocycles. The molecule has 2 aromatic heterocycles. The quantitative estimate of drug-likeness (QED) is 0.751. The van der Waals surface area contributed by atoms with E-state index in [4.69, 9.17) is 0 Å². The largest absolute Gasteiger partial charge is 0.351 e. The van der Waals surface area contributed by atoms with Crippen molar-refractivity contribution < 1.29 is 9.59 Å². The Bertz CT molecular complexity index is 837. The lowest BCUT2D eigenvalue weighted by Crippen LogP contribution is -2.39. The second-order valence-electron chi connectivity index (χ2n) is 7.24. The lowest BCUT2D eigenvalue weighted by atomic mass is 10.1. The van der Waals surface area contributed by atoms with Gasteiger partial charge >= 0.3 is 0 Å². The summed E-state index contributed by atoms with van der Waals surface area (Å²) in [4.78, 5) is 35.5. The number of rotatable bonds is 5. The molecule has 1 aliphatic heterocycles. The Morgan fingerprint density at radius 3 is 2.81 bits per heavy atom. The topological polar surface area (TPSA) is 104 Å². The SMILES string of the molecule is Cc1nc([C@@H]2C[C@H](NC(=O)CC(C)C)CN2C(=O)c2cncc(Br)c2)n[nH]1. The van der Waals surface area contributed by atoms with Gasteiger partial charge in [-0.2, -0.15) is 5.10 Å². The molecule has 144 valence electrons. The average molecular weight is 435 g/mol. The Morgan fingerprint density at radius 2 is 2.19 bits per heavy atom. The summed E-state index contributed by atoms with van der Waals surface area (Å²) in [5.74, 6) is 1.37. The first-order valence-corrected chi connectivity index (χ1v) is 9.72. The molecule has 2 atom stereocenters. The number of aromatic amines is 1. The molecular formula is C18H23BrN6O2. The van der Waals surface area contributed by atoms with Gasteiger partial charge in [-0.3, -0.25) is 19.7 Å². The van der Waals surface area contributed by atoms with Gasteiger partial charge in [-0.25, -0.2) is 4.98 Å². The predicted octanol–water partition coefficient (Wildman–Crippen LogP) is 2.39. The fourth-order valence-electron chi connectivity index (χ4n) is 3.27. The van der Waals surface area contributed by atoms with Gasteiger partial charge in [0, 0.05) is 35.9 Å². The van der Waals surface area contributed by atoms with Crippen molar-refractivity contribution in [3.8, 4) is 0 Å². The van der Waals surface area contributed by atoms with Crippen LogP contribution >= 0.6 is 15.9 Å². The van der Waals surface area contributed by atoms with Crippen molar-refractivity contribution in [3.05, 3.63) is 40.1 Å². The normalized spacial score (nSPS) is 19.5. The number of carbonyl (C=O) groups is 2. The molecular weight excluding hydrogens is 412 g/mol. The molecule has 1 saturated heterocycles. The molecule has 0 unspecified atom stereocenters. The zero-order chi connectivity index (χ0) is 19.6. The zero-order valence-corrected chi connectivity index (χ0v) is 17.2. The van der Waals surface area contributed by atoms with Crippen LogP contribution in [0.2, 0.25) is 0 Å². The van der Waals surface area contributed by atoms with E-state index in [0.717, 1.165) is 4.47 Å². The third-order valence-electron chi connectivity index (χ3n) is 4.39. The van der Waals surface area contributed by atoms with E-state index in [1.54, 1.807) is 17.2 Å². The number of aryl methyl sites for hydroxylation is 1. The van der Waals surface area contributed by atoms with Gasteiger partial charge in [-0.15, -0.1) is 0 Å². The lowest BCUT2D eigenvalue weighted by molar-refractivity contribution is -0.122. The van der Waals surface area contributed by atoms with Crippen molar-refractivity contribution in [2.24, 2.45) is 5.92 Å². The lowest BCUT2D eigenvalue weighted by Gasteiger charge is -2.22. The third kappa shape index (κ3) is 4.71. The molecule has 0 spiro atoms. The molecule has 1 fully saturated rings. The van der Waals surface area contributed by atoms with Gasteiger partial charge in [0.25, 0.3) is 5.91 Å². The predicted molar refractivity (Wildman–Crippen MR) is 103 cm³/mol. The van der Waals surface area contributed by atoms with E-state index in [9.17, 15) is 9.59 Å². The molecule has 3 rings (SSSR count). The minimum Gasteiger partial charge on any atom is -0.351 e. The highest BCUT2D eigenvalue weighted by Gasteiger charge is 2.39. The van der Waals surface area contributed by atoms with E-state index >= 15 is 0 Å². The molecule has 2 amide bonds. The van der Waals surface area contributed by atoms with Crippen molar-refractivity contribution >= 4 is 27.7 Å². The number of halogens is 1. The second kappa shape index (κ2) is 8.16. The van der Waals surface area contributed by atoms with Crippen LogP contribution in [0.5, 0.6) is 0 Å². The maximum Gasteiger partial charge on any atom is 0.256 e. The van der Waals surface area contributed by atoms with Gasteiger partial charge in [0.1, 0.15) is 5.82 Å². The number of pyridine rings is 1. The summed E-state index contributed by atoms with van der Waals surface area (Å²) < 4.78 is 0.736. The van der Waals surface area contributed by atoms with E-state index in [1.807, 2.05) is 20.8 Å². The third-order valence-corrected chi connectivity index (χ3v) is 4.82. The van der Waals surface area contributed by atoms with Gasteiger partial charge in [0.15, 0.2) is 5.82 Å². The standard InChI is InChI=1S/C18H23BrN6O2/c1-10(2)4-16(26)22-14-6-15(17-21-11(3)23-24-17)25(9-14)18(27)12-5-13(19)8-20-7-12/h5,7-8,10,14-15H,4,6,9H2,1-3H3,(H,22,26)(H,21,23,24)/t14-,15-/m0/s1. The number of hydrogen-bond donors (Lipinski definition) is 2. The Kier molecular flexibility index (Phi) is 5.88. The van der Waals surface area contributed by atoms with Crippen LogP contribution in [0.1, 0.15) is 54.7 Å². The van der Waals surface area contributed by atoms with Gasteiger partial charge in [-0.1, -0.05) is 13.8 Å². The number of hydrogen-bond acceptors (Lipinski definition) is 5. The highest BCUT2D eigenvalue weighted by Crippen LogP contribution is 2.32. The molecule has 9 heteroatoms. The number of likely N-dealkylation sites (tertiary alicyclic amines) is 1. The van der Waals surface area contributed by atoms with Crippen LogP contribution in [0.15, 0.2) is 22.9 Å². The maximum absolute atomic E-state index is 13.1. The molecule has 0 radical (unpaired) electrons. The van der Waals surface area contributed by atoms with Gasteiger partial charge in [-0.05, 0) is 41.3 Å². The van der Waals surface area contributed by atoms with E-state index in [0.29, 0.717) is 36.6 Å². The van der Waals surface area contributed by atoms with Gasteiger partial charge < -0.3 is 10.2 Å². The van der Waals surface area contributed by atoms with Crippen LogP contribution in [-0.4, -0.2) is 49.5 Å². The zero-order valence-electron chi connectivity index (χ0n) is 15.6. The molecule has 0 aliphatic carbocycles. The molecule has 3 heterocycles. The summed E-state index contributed by atoms with van der Waals surface area (Å²) in [5.41, 5.74) is 0.482. The highest BCUT2D eigenvalue weighted by atomic mass is 79.9. The minimum atomic E-state index is -0.300. The first-order valence-electron chi connectivity index (χ1n) is 8.93. The molecule has 0 aromatic carbocycles. The smallest absolute Gasteiger partial charge is 0.256 e. The van der Waals surface area contributed by atoms with Crippen LogP contribution in [0.25, 0.3) is 0 Å². The Hall–Kier alpha value is -2.29. The number of aromatic nitrogens is 4. The minimum absolute atomic E-state index is 0.00154. The van der Waals surface area contributed by atoms with Crippen molar-refractivity contribution in [2.45, 2.75) is 45.7 Å². The average Bonchev–Trinajstić information content (AvgIpc) is 3.19. The first kappa shape index (κ1) is 19.5. The number of nitrogens with zero attached hydrogens (tertiary/aromatic N) is 4. The van der Waals surface area contributed by atoms with Gasteiger partial charge in [0.2, 0.25) is 5.91 Å². The monoisotopic (exact) mass is 434 g/mol. The van der Waals surface area contributed by atoms with Crippen LogP contribution in [0.3, 0.4) is 0 Å². The summed E-state index contributed by atoms with van der Waals surface area (Å²) in [5, 5.41) is 10.1. The van der Waals surface area contributed by atoms with Crippen molar-refractivity contribution in [2.75, 3.05) is 6.54 Å². The van der Waals surface area contributed by atoms with Crippen LogP contribution < -0.4 is 5.32 Å². The fraction of sp³-hybridized carbons (Fsp3) is 0.500. The van der Waals surface area contributed by atoms with Gasteiger partial charge in [0.05, 0.1) is 11.6 Å². The Labute approximate surface area is 166 Å². The van der Waals surface area contributed by atoms with Crippen LogP contribution in [-0.2, 0) is 4.79 Å². The Morgan fingerprint density at radius 1 is 1.41 bits per heavy atom. The molecule has 0 bridgehead atoms. The molecule has 2 aromatic rings. The summed E-state index contributed by atoms with van der Waals surface area (Å²) in [6, 6.07) is 1.30. The first-order chi connectivity index (χ1) is 12.8. The van der Waals surface area contributed by atoms with Crippen LogP contribution in [0, 0.1) is 12.8 Å². The van der Waals surface area contributed by atoms with Crippen LogP contribution in [0.4, 0.5) is 0 Å². The molecule has 1 aliphatic rings. The second-order valence-corrected chi connectivity index (χ2v) is 8.16. The molecule has 8 nitrogen and oxygen atoms in total. The fourth-order valence-corrected chi connectivity index (χ4v) is 3.64. The van der Waals surface area contributed by atoms with E-state index < -0.39 is 0 Å². The molecule has 2 N–H and O–H groups in total. The Balaban J connectivity index is 1.82. The summed E-state index contributed by atoms with van der Waals surface area (Å²) in [6.07, 6.45) is 4.21. The van der Waals surface area contributed by atoms with Crippen molar-refractivity contribution in [1.82, 2.24) is 30.4 Å². The number of nitrogens with one attached hydrogen (secondary N) is 2. The van der Waals surface area contributed by atoms with E-state index in [-0.39, 0.29) is 29.8 Å². The number of H-pyrrole nitrogens is 1. The summed E-state index contributed by atoms with van der Waals surface area (Å²) in [6.45, 7) is 6.23. The number of amides is 2. The van der Waals surface area contributed by atoms with Crippen molar-refractivity contribution in [1.29, 1.82) is 0 Å². The highest BCUT2D eigenvalue weighted by molar-refractivity contribution is 9.10. The van der Waals surface area contributed by atoms with E-state index in [1.165, 1.54) is 6.20 Å². The summed E-state index contributed by atoms with van der Waals surface area (Å²) in [7, 11) is 0.